The van der Waals surface area contributed by atoms with E-state index in [2.05, 4.69) is 56.2 Å². The van der Waals surface area contributed by atoms with Gasteiger partial charge in [-0.1, -0.05) is 60.3 Å². The van der Waals surface area contributed by atoms with Crippen LogP contribution in [0, 0.1) is 0 Å². The molecule has 0 amide bonds. The van der Waals surface area contributed by atoms with Gasteiger partial charge in [-0.3, -0.25) is 0 Å². The standard InChI is InChI=1S/C22H21N5OS/c1-15(20-24-25-21(28-20)18-10-6-3-7-11-18)29-22-26-23-19(17-12-13-17)27(22)14-16-8-4-2-5-9-16/h2-11,15,17H,12-14H2,1H3/t15-/m1/s1. The van der Waals surface area contributed by atoms with Crippen LogP contribution in [0.1, 0.15) is 48.2 Å². The molecule has 1 saturated carbocycles. The molecule has 0 saturated heterocycles. The van der Waals surface area contributed by atoms with Gasteiger partial charge in [0.15, 0.2) is 5.16 Å². The molecule has 29 heavy (non-hydrogen) atoms. The summed E-state index contributed by atoms with van der Waals surface area (Å²) in [5, 5.41) is 18.3. The molecule has 2 heterocycles. The summed E-state index contributed by atoms with van der Waals surface area (Å²) in [5.74, 6) is 2.75. The normalized spacial score (nSPS) is 14.8. The fraction of sp³-hybridized carbons (Fsp3) is 0.273. The van der Waals surface area contributed by atoms with Crippen molar-refractivity contribution in [3.8, 4) is 11.5 Å². The minimum Gasteiger partial charge on any atom is -0.419 e. The van der Waals surface area contributed by atoms with Crippen LogP contribution in [0.3, 0.4) is 0 Å². The summed E-state index contributed by atoms with van der Waals surface area (Å²) in [6, 6.07) is 20.3. The number of hydrogen-bond donors (Lipinski definition) is 0. The Kier molecular flexibility index (Phi) is 4.89. The first-order chi connectivity index (χ1) is 14.3. The van der Waals surface area contributed by atoms with Crippen molar-refractivity contribution in [3.63, 3.8) is 0 Å². The quantitative estimate of drug-likeness (QED) is 0.400. The van der Waals surface area contributed by atoms with Gasteiger partial charge in [-0.05, 0) is 37.5 Å². The van der Waals surface area contributed by atoms with Gasteiger partial charge in [0.25, 0.3) is 0 Å². The molecule has 5 rings (SSSR count). The average Bonchev–Trinajstić information content (AvgIpc) is 3.35. The molecule has 6 nitrogen and oxygen atoms in total. The van der Waals surface area contributed by atoms with Gasteiger partial charge in [0.05, 0.1) is 11.8 Å². The third-order valence-corrected chi connectivity index (χ3v) is 6.03. The highest BCUT2D eigenvalue weighted by molar-refractivity contribution is 7.99. The summed E-state index contributed by atoms with van der Waals surface area (Å²) in [4.78, 5) is 0. The Morgan fingerprint density at radius 2 is 1.69 bits per heavy atom. The first-order valence-electron chi connectivity index (χ1n) is 9.80. The molecule has 1 aliphatic rings. The molecular weight excluding hydrogens is 382 g/mol. The molecular formula is C22H21N5OS. The van der Waals surface area contributed by atoms with Crippen LogP contribution >= 0.6 is 11.8 Å². The average molecular weight is 404 g/mol. The predicted molar refractivity (Wildman–Crippen MR) is 112 cm³/mol. The lowest BCUT2D eigenvalue weighted by Crippen LogP contribution is -2.06. The number of hydrogen-bond acceptors (Lipinski definition) is 6. The highest BCUT2D eigenvalue weighted by Gasteiger charge is 2.31. The maximum absolute atomic E-state index is 5.93. The number of benzene rings is 2. The Balaban J connectivity index is 1.38. The fourth-order valence-electron chi connectivity index (χ4n) is 3.25. The minimum absolute atomic E-state index is 0.0225. The Morgan fingerprint density at radius 3 is 2.41 bits per heavy atom. The van der Waals surface area contributed by atoms with E-state index in [1.54, 1.807) is 11.8 Å². The third kappa shape index (κ3) is 3.96. The monoisotopic (exact) mass is 403 g/mol. The van der Waals surface area contributed by atoms with Gasteiger partial charge >= 0.3 is 0 Å². The van der Waals surface area contributed by atoms with Gasteiger partial charge in [0, 0.05) is 11.5 Å². The van der Waals surface area contributed by atoms with E-state index >= 15 is 0 Å². The Bertz CT molecular complexity index is 1090. The summed E-state index contributed by atoms with van der Waals surface area (Å²) in [6.45, 7) is 2.83. The van der Waals surface area contributed by atoms with E-state index in [-0.39, 0.29) is 5.25 Å². The van der Waals surface area contributed by atoms with E-state index in [0.717, 1.165) is 23.1 Å². The third-order valence-electron chi connectivity index (χ3n) is 4.96. The molecule has 0 bridgehead atoms. The summed E-state index contributed by atoms with van der Waals surface area (Å²) < 4.78 is 8.17. The summed E-state index contributed by atoms with van der Waals surface area (Å²) in [6.07, 6.45) is 2.38. The van der Waals surface area contributed by atoms with Gasteiger partial charge in [-0.2, -0.15) is 0 Å². The molecule has 2 aromatic heterocycles. The molecule has 146 valence electrons. The first-order valence-corrected chi connectivity index (χ1v) is 10.7. The molecule has 7 heteroatoms. The van der Waals surface area contributed by atoms with Crippen LogP contribution in [0.4, 0.5) is 0 Å². The Labute approximate surface area is 173 Å². The predicted octanol–water partition coefficient (Wildman–Crippen LogP) is 5.11. The largest absolute Gasteiger partial charge is 0.419 e. The van der Waals surface area contributed by atoms with E-state index < -0.39 is 0 Å². The van der Waals surface area contributed by atoms with Crippen molar-refractivity contribution >= 4 is 11.8 Å². The maximum atomic E-state index is 5.93. The Morgan fingerprint density at radius 1 is 0.966 bits per heavy atom. The molecule has 2 aromatic carbocycles. The van der Waals surface area contributed by atoms with Crippen molar-refractivity contribution in [2.24, 2.45) is 0 Å². The lowest BCUT2D eigenvalue weighted by molar-refractivity contribution is 0.508. The molecule has 1 atom stereocenters. The second-order valence-corrected chi connectivity index (χ2v) is 8.57. The maximum Gasteiger partial charge on any atom is 0.247 e. The van der Waals surface area contributed by atoms with Gasteiger partial charge in [-0.25, -0.2) is 0 Å². The van der Waals surface area contributed by atoms with Crippen LogP contribution in [-0.2, 0) is 6.54 Å². The van der Waals surface area contributed by atoms with Crippen molar-refractivity contribution in [2.75, 3.05) is 0 Å². The fourth-order valence-corrected chi connectivity index (χ4v) is 4.14. The lowest BCUT2D eigenvalue weighted by Gasteiger charge is -2.11. The van der Waals surface area contributed by atoms with Crippen LogP contribution in [0.5, 0.6) is 0 Å². The molecule has 1 fully saturated rings. The lowest BCUT2D eigenvalue weighted by atomic mass is 10.2. The molecule has 1 aliphatic carbocycles. The van der Waals surface area contributed by atoms with E-state index in [9.17, 15) is 0 Å². The summed E-state index contributed by atoms with van der Waals surface area (Å²) in [7, 11) is 0. The van der Waals surface area contributed by atoms with Crippen molar-refractivity contribution in [1.29, 1.82) is 0 Å². The smallest absolute Gasteiger partial charge is 0.247 e. The SMILES string of the molecule is C[C@@H](Sc1nnc(C2CC2)n1Cc1ccccc1)c1nnc(-c2ccccc2)o1. The van der Waals surface area contributed by atoms with Crippen molar-refractivity contribution in [2.45, 2.75) is 42.6 Å². The topological polar surface area (TPSA) is 69.6 Å². The summed E-state index contributed by atoms with van der Waals surface area (Å²) in [5.41, 5.74) is 2.17. The van der Waals surface area contributed by atoms with Crippen molar-refractivity contribution in [3.05, 3.63) is 77.9 Å². The zero-order valence-corrected chi connectivity index (χ0v) is 16.9. The van der Waals surface area contributed by atoms with Crippen LogP contribution in [-0.4, -0.2) is 25.0 Å². The zero-order chi connectivity index (χ0) is 19.6. The Hall–Kier alpha value is -2.93. The van der Waals surface area contributed by atoms with Gasteiger partial charge in [0.2, 0.25) is 11.8 Å². The van der Waals surface area contributed by atoms with Crippen LogP contribution in [0.25, 0.3) is 11.5 Å². The van der Waals surface area contributed by atoms with Crippen molar-refractivity contribution in [1.82, 2.24) is 25.0 Å². The molecule has 0 spiro atoms. The second kappa shape index (κ2) is 7.83. The number of aromatic nitrogens is 5. The van der Waals surface area contributed by atoms with Gasteiger partial charge in [-0.15, -0.1) is 20.4 Å². The molecule has 0 radical (unpaired) electrons. The molecule has 4 aromatic rings. The summed E-state index contributed by atoms with van der Waals surface area (Å²) >= 11 is 1.61. The van der Waals surface area contributed by atoms with Gasteiger partial charge < -0.3 is 8.98 Å². The van der Waals surface area contributed by atoms with E-state index in [1.165, 1.54) is 18.4 Å². The van der Waals surface area contributed by atoms with E-state index in [1.807, 2.05) is 36.4 Å². The van der Waals surface area contributed by atoms with E-state index in [4.69, 9.17) is 4.42 Å². The van der Waals surface area contributed by atoms with E-state index in [0.29, 0.717) is 17.7 Å². The van der Waals surface area contributed by atoms with Gasteiger partial charge in [0.1, 0.15) is 5.82 Å². The van der Waals surface area contributed by atoms with Crippen LogP contribution in [0.15, 0.2) is 70.2 Å². The second-order valence-electron chi connectivity index (χ2n) is 7.26. The molecule has 0 unspecified atom stereocenters. The first kappa shape index (κ1) is 18.1. The minimum atomic E-state index is -0.0225. The number of rotatable bonds is 7. The number of thioether (sulfide) groups is 1. The molecule has 0 N–H and O–H groups in total. The highest BCUT2D eigenvalue weighted by atomic mass is 32.2. The highest BCUT2D eigenvalue weighted by Crippen LogP contribution is 2.42. The van der Waals surface area contributed by atoms with Crippen molar-refractivity contribution < 1.29 is 4.42 Å². The number of nitrogens with zero attached hydrogens (tertiary/aromatic N) is 5. The zero-order valence-electron chi connectivity index (χ0n) is 16.1. The van der Waals surface area contributed by atoms with Crippen LogP contribution in [0.2, 0.25) is 0 Å². The van der Waals surface area contributed by atoms with Crippen LogP contribution < -0.4 is 0 Å². The molecule has 0 aliphatic heterocycles.